The largest absolute Gasteiger partial charge is 0.275 e. The van der Waals surface area contributed by atoms with E-state index in [2.05, 4.69) is 10.5 Å². The zero-order valence-electron chi connectivity index (χ0n) is 7.33. The van der Waals surface area contributed by atoms with Crippen LogP contribution in [-0.2, 0) is 0 Å². The van der Waals surface area contributed by atoms with Gasteiger partial charge in [-0.2, -0.15) is 15.6 Å². The summed E-state index contributed by atoms with van der Waals surface area (Å²) in [4.78, 5) is 0. The highest BCUT2D eigenvalue weighted by Crippen LogP contribution is 2.18. The molecule has 1 aromatic carbocycles. The van der Waals surface area contributed by atoms with Crippen LogP contribution in [0.1, 0.15) is 0 Å². The number of hydrogen-bond donors (Lipinski definition) is 1. The Hall–Kier alpha value is -1.67. The lowest BCUT2D eigenvalue weighted by Crippen LogP contribution is -1.98. The molecular weight excluding hydrogens is 310 g/mol. The Kier molecular flexibility index (Phi) is 4.01. The fourth-order valence-corrected chi connectivity index (χ4v) is 1.37. The van der Waals surface area contributed by atoms with E-state index < -0.39 is 0 Å². The van der Waals surface area contributed by atoms with E-state index in [1.165, 1.54) is 18.2 Å². The van der Waals surface area contributed by atoms with Gasteiger partial charge in [0.2, 0.25) is 5.71 Å². The molecule has 0 aliphatic rings. The monoisotopic (exact) mass is 314 g/mol. The first kappa shape index (κ1) is 11.4. The van der Waals surface area contributed by atoms with Gasteiger partial charge in [0.15, 0.2) is 0 Å². The standard InChI is InChI=1S/C9H4FIN4/c10-6-1-2-9(8(11)3-6)15-14-7(4-12)5-13/h1-3,15H. The summed E-state index contributed by atoms with van der Waals surface area (Å²) in [5.41, 5.74) is 2.77. The Balaban J connectivity index is 2.89. The van der Waals surface area contributed by atoms with Crippen molar-refractivity contribution in [3.63, 3.8) is 0 Å². The van der Waals surface area contributed by atoms with Crippen molar-refractivity contribution < 1.29 is 4.39 Å². The van der Waals surface area contributed by atoms with Gasteiger partial charge in [-0.3, -0.25) is 5.43 Å². The quantitative estimate of drug-likeness (QED) is 0.517. The van der Waals surface area contributed by atoms with Crippen molar-refractivity contribution in [1.82, 2.24) is 0 Å². The minimum absolute atomic E-state index is 0.282. The minimum Gasteiger partial charge on any atom is -0.275 e. The lowest BCUT2D eigenvalue weighted by atomic mass is 10.3. The first-order valence-electron chi connectivity index (χ1n) is 3.76. The number of nitrogens with one attached hydrogen (secondary N) is 1. The maximum absolute atomic E-state index is 12.7. The molecule has 1 rings (SSSR count). The fourth-order valence-electron chi connectivity index (χ4n) is 0.771. The van der Waals surface area contributed by atoms with E-state index in [9.17, 15) is 4.39 Å². The molecule has 0 aliphatic heterocycles. The van der Waals surface area contributed by atoms with Gasteiger partial charge in [0, 0.05) is 3.57 Å². The Morgan fingerprint density at radius 3 is 2.60 bits per heavy atom. The molecule has 0 amide bonds. The van der Waals surface area contributed by atoms with E-state index in [0.29, 0.717) is 9.26 Å². The smallest absolute Gasteiger partial charge is 0.237 e. The third-order valence-electron chi connectivity index (χ3n) is 1.43. The van der Waals surface area contributed by atoms with Gasteiger partial charge in [-0.25, -0.2) is 4.39 Å². The second kappa shape index (κ2) is 5.27. The van der Waals surface area contributed by atoms with Crippen LogP contribution in [-0.4, -0.2) is 5.71 Å². The maximum Gasteiger partial charge on any atom is 0.237 e. The van der Waals surface area contributed by atoms with Gasteiger partial charge in [-0.05, 0) is 40.8 Å². The van der Waals surface area contributed by atoms with E-state index in [0.717, 1.165) is 0 Å². The average Bonchev–Trinajstić information content (AvgIpc) is 2.22. The van der Waals surface area contributed by atoms with E-state index in [4.69, 9.17) is 10.5 Å². The molecule has 4 nitrogen and oxygen atoms in total. The second-order valence-corrected chi connectivity index (χ2v) is 3.58. The Morgan fingerprint density at radius 2 is 2.07 bits per heavy atom. The minimum atomic E-state index is -0.352. The molecule has 0 bridgehead atoms. The summed E-state index contributed by atoms with van der Waals surface area (Å²) < 4.78 is 13.3. The van der Waals surface area contributed by atoms with Crippen molar-refractivity contribution in [3.8, 4) is 12.1 Å². The zero-order chi connectivity index (χ0) is 11.3. The molecule has 0 fully saturated rings. The van der Waals surface area contributed by atoms with Gasteiger partial charge in [0.25, 0.3) is 0 Å². The summed E-state index contributed by atoms with van der Waals surface area (Å²) in [7, 11) is 0. The number of rotatable bonds is 2. The van der Waals surface area contributed by atoms with Crippen molar-refractivity contribution in [2.24, 2.45) is 5.10 Å². The molecule has 6 heteroatoms. The third-order valence-corrected chi connectivity index (χ3v) is 2.32. The van der Waals surface area contributed by atoms with Gasteiger partial charge in [0.1, 0.15) is 18.0 Å². The first-order chi connectivity index (χ1) is 7.17. The average molecular weight is 314 g/mol. The highest BCUT2D eigenvalue weighted by Gasteiger charge is 2.00. The van der Waals surface area contributed by atoms with Gasteiger partial charge in [-0.15, -0.1) is 0 Å². The van der Waals surface area contributed by atoms with Crippen LogP contribution in [0, 0.1) is 32.0 Å². The highest BCUT2D eigenvalue weighted by molar-refractivity contribution is 14.1. The summed E-state index contributed by atoms with van der Waals surface area (Å²) in [6, 6.07) is 7.26. The molecule has 0 spiro atoms. The topological polar surface area (TPSA) is 72.0 Å². The Labute approximate surface area is 99.2 Å². The third kappa shape index (κ3) is 3.18. The summed E-state index contributed by atoms with van der Waals surface area (Å²) in [6.07, 6.45) is 0. The van der Waals surface area contributed by atoms with Gasteiger partial charge in [0.05, 0.1) is 5.69 Å². The summed E-state index contributed by atoms with van der Waals surface area (Å²) in [6.45, 7) is 0. The molecule has 0 saturated heterocycles. The molecule has 0 unspecified atom stereocenters. The van der Waals surface area contributed by atoms with Gasteiger partial charge in [-0.1, -0.05) is 0 Å². The SMILES string of the molecule is N#CC(C#N)=NNc1ccc(F)cc1I. The van der Waals surface area contributed by atoms with Crippen LogP contribution in [0.2, 0.25) is 0 Å². The number of hydrazone groups is 1. The van der Waals surface area contributed by atoms with Crippen LogP contribution >= 0.6 is 22.6 Å². The predicted molar refractivity (Wildman–Crippen MR) is 61.4 cm³/mol. The van der Waals surface area contributed by atoms with E-state index in [-0.39, 0.29) is 11.5 Å². The van der Waals surface area contributed by atoms with Crippen LogP contribution in [0.3, 0.4) is 0 Å². The molecule has 74 valence electrons. The molecule has 0 atom stereocenters. The van der Waals surface area contributed by atoms with Crippen molar-refractivity contribution in [3.05, 3.63) is 27.6 Å². The van der Waals surface area contributed by atoms with Gasteiger partial charge >= 0.3 is 0 Å². The lowest BCUT2D eigenvalue weighted by Gasteiger charge is -2.02. The zero-order valence-corrected chi connectivity index (χ0v) is 9.49. The Morgan fingerprint density at radius 1 is 1.40 bits per heavy atom. The number of benzene rings is 1. The number of anilines is 1. The molecule has 1 N–H and O–H groups in total. The van der Waals surface area contributed by atoms with E-state index >= 15 is 0 Å². The number of nitriles is 2. The lowest BCUT2D eigenvalue weighted by molar-refractivity contribution is 0.627. The molecular formula is C9H4FIN4. The highest BCUT2D eigenvalue weighted by atomic mass is 127. The van der Waals surface area contributed by atoms with E-state index in [1.54, 1.807) is 12.1 Å². The van der Waals surface area contributed by atoms with Crippen LogP contribution in [0.25, 0.3) is 0 Å². The molecule has 0 aromatic heterocycles. The normalized spacial score (nSPS) is 8.53. The maximum atomic E-state index is 12.7. The van der Waals surface area contributed by atoms with Crippen molar-refractivity contribution >= 4 is 34.0 Å². The second-order valence-electron chi connectivity index (χ2n) is 2.42. The summed E-state index contributed by atoms with van der Waals surface area (Å²) in [5.74, 6) is -0.352. The predicted octanol–water partition coefficient (Wildman–Crippen LogP) is 2.25. The van der Waals surface area contributed by atoms with Gasteiger partial charge < -0.3 is 0 Å². The molecule has 15 heavy (non-hydrogen) atoms. The fraction of sp³-hybridized carbons (Fsp3) is 0. The molecule has 0 radical (unpaired) electrons. The van der Waals surface area contributed by atoms with Crippen LogP contribution in [0.5, 0.6) is 0 Å². The Bertz CT molecular complexity index is 468. The van der Waals surface area contributed by atoms with Crippen molar-refractivity contribution in [2.45, 2.75) is 0 Å². The van der Waals surface area contributed by atoms with Crippen LogP contribution in [0.4, 0.5) is 10.1 Å². The van der Waals surface area contributed by atoms with Crippen molar-refractivity contribution in [2.75, 3.05) is 5.43 Å². The van der Waals surface area contributed by atoms with Crippen LogP contribution < -0.4 is 5.43 Å². The number of hydrogen-bond acceptors (Lipinski definition) is 4. The molecule has 1 aromatic rings. The van der Waals surface area contributed by atoms with Crippen LogP contribution in [0.15, 0.2) is 23.3 Å². The van der Waals surface area contributed by atoms with Crippen molar-refractivity contribution in [1.29, 1.82) is 10.5 Å². The van der Waals surface area contributed by atoms with E-state index in [1.807, 2.05) is 22.6 Å². The number of halogens is 2. The summed E-state index contributed by atoms with van der Waals surface area (Å²) in [5, 5.41) is 20.4. The molecule has 0 heterocycles. The first-order valence-corrected chi connectivity index (χ1v) is 4.84. The number of nitrogens with zero attached hydrogens (tertiary/aromatic N) is 3. The molecule has 0 aliphatic carbocycles. The summed E-state index contributed by atoms with van der Waals surface area (Å²) >= 11 is 1.92. The molecule has 0 saturated carbocycles.